The van der Waals surface area contributed by atoms with E-state index in [-0.39, 0.29) is 6.42 Å². The lowest BCUT2D eigenvalue weighted by molar-refractivity contribution is -0.143. The van der Waals surface area contributed by atoms with Crippen molar-refractivity contribution in [3.63, 3.8) is 0 Å². The van der Waals surface area contributed by atoms with E-state index in [2.05, 4.69) is 0 Å². The molecule has 64 valence electrons. The molecule has 1 aliphatic rings. The Morgan fingerprint density at radius 2 is 2.18 bits per heavy atom. The Morgan fingerprint density at radius 3 is 2.64 bits per heavy atom. The Morgan fingerprint density at radius 1 is 1.55 bits per heavy atom. The SMILES string of the molecule is N[C@H]1CC[C@H](C(=O)O)C[C@H]1F. The van der Waals surface area contributed by atoms with Gasteiger partial charge >= 0.3 is 5.97 Å². The Balaban J connectivity index is 2.46. The summed E-state index contributed by atoms with van der Waals surface area (Å²) in [7, 11) is 0. The molecule has 0 aromatic rings. The fourth-order valence-corrected chi connectivity index (χ4v) is 1.36. The molecule has 0 aliphatic heterocycles. The lowest BCUT2D eigenvalue weighted by Crippen LogP contribution is -2.39. The van der Waals surface area contributed by atoms with Crippen molar-refractivity contribution < 1.29 is 14.3 Å². The highest BCUT2D eigenvalue weighted by atomic mass is 19.1. The number of carboxylic acids is 1. The highest BCUT2D eigenvalue weighted by molar-refractivity contribution is 5.70. The van der Waals surface area contributed by atoms with Crippen LogP contribution in [0.25, 0.3) is 0 Å². The maximum Gasteiger partial charge on any atom is 0.306 e. The highest BCUT2D eigenvalue weighted by Gasteiger charge is 2.31. The van der Waals surface area contributed by atoms with E-state index in [9.17, 15) is 9.18 Å². The van der Waals surface area contributed by atoms with Gasteiger partial charge in [-0.3, -0.25) is 4.79 Å². The lowest BCUT2D eigenvalue weighted by Gasteiger charge is -2.26. The minimum atomic E-state index is -1.13. The number of carboxylic acid groups (broad SMARTS) is 1. The predicted molar refractivity (Wildman–Crippen MR) is 37.8 cm³/mol. The van der Waals surface area contributed by atoms with Crippen LogP contribution in [0, 0.1) is 5.92 Å². The van der Waals surface area contributed by atoms with Gasteiger partial charge in [0.1, 0.15) is 6.17 Å². The van der Waals surface area contributed by atoms with Crippen molar-refractivity contribution in [1.29, 1.82) is 0 Å². The maximum atomic E-state index is 12.8. The summed E-state index contributed by atoms with van der Waals surface area (Å²) in [5, 5.41) is 8.53. The summed E-state index contributed by atoms with van der Waals surface area (Å²) in [5.74, 6) is -1.43. The van der Waals surface area contributed by atoms with E-state index in [0.29, 0.717) is 12.8 Å². The monoisotopic (exact) mass is 161 g/mol. The minimum Gasteiger partial charge on any atom is -0.481 e. The Labute approximate surface area is 64.4 Å². The first-order valence-corrected chi connectivity index (χ1v) is 3.73. The molecule has 0 saturated heterocycles. The summed E-state index contributed by atoms with van der Waals surface area (Å²) in [6, 6.07) is -0.453. The van der Waals surface area contributed by atoms with Crippen LogP contribution in [-0.4, -0.2) is 23.3 Å². The number of rotatable bonds is 1. The first kappa shape index (κ1) is 8.46. The van der Waals surface area contributed by atoms with Gasteiger partial charge in [-0.15, -0.1) is 0 Å². The van der Waals surface area contributed by atoms with E-state index in [0.717, 1.165) is 0 Å². The number of hydrogen-bond donors (Lipinski definition) is 2. The molecular weight excluding hydrogens is 149 g/mol. The van der Waals surface area contributed by atoms with E-state index < -0.39 is 24.1 Å². The summed E-state index contributed by atoms with van der Waals surface area (Å²) in [5.41, 5.74) is 5.37. The molecule has 0 aromatic heterocycles. The smallest absolute Gasteiger partial charge is 0.306 e. The topological polar surface area (TPSA) is 63.3 Å². The van der Waals surface area contributed by atoms with Gasteiger partial charge in [0.25, 0.3) is 0 Å². The van der Waals surface area contributed by atoms with Gasteiger partial charge in [0.2, 0.25) is 0 Å². The van der Waals surface area contributed by atoms with Crippen LogP contribution in [0.1, 0.15) is 19.3 Å². The van der Waals surface area contributed by atoms with Gasteiger partial charge in [-0.25, -0.2) is 4.39 Å². The van der Waals surface area contributed by atoms with Gasteiger partial charge in [0, 0.05) is 6.04 Å². The van der Waals surface area contributed by atoms with Crippen molar-refractivity contribution in [2.45, 2.75) is 31.5 Å². The van der Waals surface area contributed by atoms with Crippen molar-refractivity contribution in [2.24, 2.45) is 11.7 Å². The third kappa shape index (κ3) is 1.89. The molecular formula is C7H12FNO2. The second-order valence-corrected chi connectivity index (χ2v) is 3.03. The van der Waals surface area contributed by atoms with Crippen LogP contribution in [0.4, 0.5) is 4.39 Å². The summed E-state index contributed by atoms with van der Waals surface area (Å²) >= 11 is 0. The van der Waals surface area contributed by atoms with Gasteiger partial charge in [-0.05, 0) is 19.3 Å². The molecule has 0 aromatic carbocycles. The normalized spacial score (nSPS) is 38.5. The largest absolute Gasteiger partial charge is 0.481 e. The molecule has 0 unspecified atom stereocenters. The van der Waals surface area contributed by atoms with E-state index in [1.807, 2.05) is 0 Å². The molecule has 11 heavy (non-hydrogen) atoms. The second kappa shape index (κ2) is 3.17. The van der Waals surface area contributed by atoms with Crippen LogP contribution < -0.4 is 5.73 Å². The third-order valence-electron chi connectivity index (χ3n) is 2.17. The van der Waals surface area contributed by atoms with E-state index in [4.69, 9.17) is 10.8 Å². The number of nitrogens with two attached hydrogens (primary N) is 1. The van der Waals surface area contributed by atoms with Crippen molar-refractivity contribution in [2.75, 3.05) is 0 Å². The molecule has 1 fully saturated rings. The average Bonchev–Trinajstić information content (AvgIpc) is 1.94. The van der Waals surface area contributed by atoms with E-state index >= 15 is 0 Å². The molecule has 4 heteroatoms. The molecule has 1 saturated carbocycles. The summed E-state index contributed by atoms with van der Waals surface area (Å²) < 4.78 is 12.8. The molecule has 3 N–H and O–H groups in total. The Hall–Kier alpha value is -0.640. The number of carbonyl (C=O) groups is 1. The number of halogens is 1. The lowest BCUT2D eigenvalue weighted by atomic mass is 9.85. The zero-order chi connectivity index (χ0) is 8.43. The van der Waals surface area contributed by atoms with Gasteiger partial charge < -0.3 is 10.8 Å². The van der Waals surface area contributed by atoms with Gasteiger partial charge in [0.15, 0.2) is 0 Å². The van der Waals surface area contributed by atoms with E-state index in [1.54, 1.807) is 0 Å². The quantitative estimate of drug-likeness (QED) is 0.589. The predicted octanol–water partition coefficient (Wildman–Crippen LogP) is 0.536. The molecule has 0 bridgehead atoms. The van der Waals surface area contributed by atoms with Crippen LogP contribution in [0.2, 0.25) is 0 Å². The van der Waals surface area contributed by atoms with E-state index in [1.165, 1.54) is 0 Å². The zero-order valence-electron chi connectivity index (χ0n) is 6.16. The average molecular weight is 161 g/mol. The highest BCUT2D eigenvalue weighted by Crippen LogP contribution is 2.25. The van der Waals surface area contributed by atoms with Gasteiger partial charge in [-0.1, -0.05) is 0 Å². The van der Waals surface area contributed by atoms with Gasteiger partial charge in [0.05, 0.1) is 5.92 Å². The number of hydrogen-bond acceptors (Lipinski definition) is 2. The molecule has 0 radical (unpaired) electrons. The fraction of sp³-hybridized carbons (Fsp3) is 0.857. The molecule has 1 rings (SSSR count). The maximum absolute atomic E-state index is 12.8. The molecule has 0 spiro atoms. The van der Waals surface area contributed by atoms with Crippen molar-refractivity contribution in [3.8, 4) is 0 Å². The number of alkyl halides is 1. The van der Waals surface area contributed by atoms with Crippen LogP contribution >= 0.6 is 0 Å². The standard InChI is InChI=1S/C7H12FNO2/c8-5-3-4(7(10)11)1-2-6(5)9/h4-6H,1-3,9H2,(H,10,11)/t4-,5+,6-/m0/s1. The molecule has 0 amide bonds. The fourth-order valence-electron chi connectivity index (χ4n) is 1.36. The van der Waals surface area contributed by atoms with Crippen molar-refractivity contribution >= 4 is 5.97 Å². The molecule has 3 nitrogen and oxygen atoms in total. The van der Waals surface area contributed by atoms with Crippen molar-refractivity contribution in [3.05, 3.63) is 0 Å². The van der Waals surface area contributed by atoms with Crippen LogP contribution in [-0.2, 0) is 4.79 Å². The third-order valence-corrected chi connectivity index (χ3v) is 2.17. The first-order valence-electron chi connectivity index (χ1n) is 3.73. The Bertz CT molecular complexity index is 163. The zero-order valence-corrected chi connectivity index (χ0v) is 6.16. The van der Waals surface area contributed by atoms with Crippen LogP contribution in [0.5, 0.6) is 0 Å². The minimum absolute atomic E-state index is 0.0799. The van der Waals surface area contributed by atoms with Crippen molar-refractivity contribution in [1.82, 2.24) is 0 Å². The second-order valence-electron chi connectivity index (χ2n) is 3.03. The summed E-state index contributed by atoms with van der Waals surface area (Å²) in [6.45, 7) is 0. The van der Waals surface area contributed by atoms with Gasteiger partial charge in [-0.2, -0.15) is 0 Å². The summed E-state index contributed by atoms with van der Waals surface area (Å²) in [6.07, 6.45) is -0.0594. The molecule has 0 heterocycles. The summed E-state index contributed by atoms with van der Waals surface area (Å²) in [4.78, 5) is 10.4. The van der Waals surface area contributed by atoms with Crippen LogP contribution in [0.15, 0.2) is 0 Å². The number of aliphatic carboxylic acids is 1. The molecule has 3 atom stereocenters. The molecule has 1 aliphatic carbocycles. The van der Waals surface area contributed by atoms with Crippen LogP contribution in [0.3, 0.4) is 0 Å². The first-order chi connectivity index (χ1) is 5.11. The Kier molecular flexibility index (Phi) is 2.44.